The Morgan fingerprint density at radius 2 is 1.31 bits per heavy atom. The normalized spacial score (nSPS) is 52.0. The molecule has 15 nitrogen and oxygen atoms in total. The van der Waals surface area contributed by atoms with E-state index >= 15 is 0 Å². The van der Waals surface area contributed by atoms with Gasteiger partial charge in [-0.05, 0) is 130 Å². The molecule has 0 amide bonds. The average Bonchev–Trinajstić information content (AvgIpc) is 3.57. The maximum atomic E-state index is 12.0. The van der Waals surface area contributed by atoms with Crippen molar-refractivity contribution in [3.63, 3.8) is 0 Å². The number of hydrogen-bond donors (Lipinski definition) is 9. The first-order valence-corrected chi connectivity index (χ1v) is 23.1. The molecule has 0 spiro atoms. The van der Waals surface area contributed by atoms with E-state index in [1.165, 1.54) is 12.5 Å². The molecule has 4 aliphatic carbocycles. The van der Waals surface area contributed by atoms with Gasteiger partial charge >= 0.3 is 0 Å². The first kappa shape index (κ1) is 48.1. The standard InChI is InChI=1S/C46H78O15/c1-23(2)10-9-16-46(55,22-47)26-13-18-44(7)25(26)11-12-30-43(6)17-15-31(42(4,5)29(43)14-19-45(30,44)8)59-41-38(61-40-36(54)34(52)32(50)24(3)58-40)37(28(49)21-57-41)60-39-35(53)33(51)27(48)20-56-39/h10,24-41,47-55H,9,11-22H2,1-8H3/t24-,25+,26-,27+,28-,29-,30+,31-,32-,33-,34+,35+,36+,37-,38+,39-,40-,41-,43-,44+,45+,46+/m0/s1. The van der Waals surface area contributed by atoms with Crippen molar-refractivity contribution in [2.24, 2.45) is 45.3 Å². The van der Waals surface area contributed by atoms with Crippen molar-refractivity contribution in [2.75, 3.05) is 19.8 Å². The van der Waals surface area contributed by atoms with Gasteiger partial charge in [0.05, 0.1) is 37.6 Å². The SMILES string of the molecule is CC(C)=CCC[C@@](O)(CO)[C@H]1CC[C@]2(C)[C@@H]1CC[C@@H]1[C@@]3(C)CC[C@H](O[C@@H]4OC[C@H](O)[C@H](O[C@@H]5OC[C@@H](O)[C@H](O)[C@H]5O)[C@H]4O[C@@H]4O[C@@H](C)[C@H](O)[C@@H](O)[C@H]4O)C(C)(C)[C@@H]3CC[C@]12C. The predicted octanol–water partition coefficient (Wildman–Crippen LogP) is 2.28. The van der Waals surface area contributed by atoms with Crippen molar-refractivity contribution in [3.05, 3.63) is 11.6 Å². The zero-order chi connectivity index (χ0) is 44.6. The molecular formula is C46H78O15. The van der Waals surface area contributed by atoms with Crippen molar-refractivity contribution in [1.82, 2.24) is 0 Å². The number of aliphatic hydroxyl groups is 9. The molecule has 3 heterocycles. The van der Waals surface area contributed by atoms with Gasteiger partial charge in [0.25, 0.3) is 0 Å². The predicted molar refractivity (Wildman–Crippen MR) is 220 cm³/mol. The maximum Gasteiger partial charge on any atom is 0.187 e. The molecule has 4 saturated carbocycles. The summed E-state index contributed by atoms with van der Waals surface area (Å²) in [6, 6.07) is 0. The average molecular weight is 871 g/mol. The van der Waals surface area contributed by atoms with Crippen LogP contribution in [0.4, 0.5) is 0 Å². The summed E-state index contributed by atoms with van der Waals surface area (Å²) in [7, 11) is 0. The summed E-state index contributed by atoms with van der Waals surface area (Å²) in [4.78, 5) is 0. The zero-order valence-electron chi connectivity index (χ0n) is 37.6. The third-order valence-electron chi connectivity index (χ3n) is 18.0. The fraction of sp³-hybridized carbons (Fsp3) is 0.957. The molecule has 352 valence electrons. The lowest BCUT2D eigenvalue weighted by Crippen LogP contribution is -2.66. The third kappa shape index (κ3) is 8.23. The minimum Gasteiger partial charge on any atom is -0.393 e. The van der Waals surface area contributed by atoms with Gasteiger partial charge in [-0.1, -0.05) is 46.3 Å². The Bertz CT molecular complexity index is 1540. The lowest BCUT2D eigenvalue weighted by atomic mass is 9.35. The molecule has 0 radical (unpaired) electrons. The molecule has 3 aliphatic heterocycles. The molecular weight excluding hydrogens is 792 g/mol. The van der Waals surface area contributed by atoms with E-state index in [0.29, 0.717) is 24.7 Å². The van der Waals surface area contributed by atoms with Crippen molar-refractivity contribution >= 4 is 0 Å². The fourth-order valence-corrected chi connectivity index (χ4v) is 14.3. The fourth-order valence-electron chi connectivity index (χ4n) is 14.3. The van der Waals surface area contributed by atoms with Crippen molar-refractivity contribution in [1.29, 1.82) is 0 Å². The van der Waals surface area contributed by atoms with Crippen LogP contribution < -0.4 is 0 Å². The van der Waals surface area contributed by atoms with Gasteiger partial charge in [0.15, 0.2) is 18.9 Å². The zero-order valence-corrected chi connectivity index (χ0v) is 37.6. The van der Waals surface area contributed by atoms with Gasteiger partial charge in [-0.15, -0.1) is 0 Å². The van der Waals surface area contributed by atoms with Crippen LogP contribution in [-0.2, 0) is 28.4 Å². The van der Waals surface area contributed by atoms with Gasteiger partial charge in [0.1, 0.15) is 54.9 Å². The van der Waals surface area contributed by atoms with Crippen LogP contribution in [0.25, 0.3) is 0 Å². The van der Waals surface area contributed by atoms with Crippen LogP contribution in [0.1, 0.15) is 120 Å². The lowest BCUT2D eigenvalue weighted by Gasteiger charge is -2.70. The number of rotatable bonds is 11. The number of fused-ring (bicyclic) bond motifs is 5. The molecule has 61 heavy (non-hydrogen) atoms. The highest BCUT2D eigenvalue weighted by Crippen LogP contribution is 2.76. The van der Waals surface area contributed by atoms with E-state index in [1.807, 2.05) is 0 Å². The molecule has 0 aromatic heterocycles. The van der Waals surface area contributed by atoms with E-state index < -0.39 is 85.5 Å². The van der Waals surface area contributed by atoms with E-state index in [1.54, 1.807) is 0 Å². The molecule has 0 bridgehead atoms. The second-order valence-electron chi connectivity index (χ2n) is 21.8. The molecule has 3 saturated heterocycles. The Kier molecular flexibility index (Phi) is 14.0. The monoisotopic (exact) mass is 871 g/mol. The smallest absolute Gasteiger partial charge is 0.187 e. The molecule has 7 fully saturated rings. The van der Waals surface area contributed by atoms with Crippen LogP contribution in [0.2, 0.25) is 0 Å². The van der Waals surface area contributed by atoms with E-state index in [9.17, 15) is 46.0 Å². The molecule has 0 aromatic carbocycles. The second-order valence-corrected chi connectivity index (χ2v) is 21.8. The summed E-state index contributed by atoms with van der Waals surface area (Å²) in [6.45, 7) is 16.8. The summed E-state index contributed by atoms with van der Waals surface area (Å²) in [5, 5.41) is 97.3. The van der Waals surface area contributed by atoms with Crippen LogP contribution >= 0.6 is 0 Å². The molecule has 0 unspecified atom stereocenters. The highest BCUT2D eigenvalue weighted by Gasteiger charge is 2.70. The summed E-state index contributed by atoms with van der Waals surface area (Å²) < 4.78 is 37.0. The van der Waals surface area contributed by atoms with Crippen molar-refractivity contribution < 1.29 is 74.4 Å². The Morgan fingerprint density at radius 1 is 0.672 bits per heavy atom. The van der Waals surface area contributed by atoms with Gasteiger partial charge in [-0.3, -0.25) is 0 Å². The molecule has 9 N–H and O–H groups in total. The molecule has 7 rings (SSSR count). The Morgan fingerprint density at radius 3 is 2.00 bits per heavy atom. The topological polar surface area (TPSA) is 237 Å². The number of allylic oxidation sites excluding steroid dienone is 2. The minimum atomic E-state index is -1.68. The molecule has 7 aliphatic rings. The van der Waals surface area contributed by atoms with Crippen molar-refractivity contribution in [3.8, 4) is 0 Å². The van der Waals surface area contributed by atoms with Gasteiger partial charge < -0.3 is 74.4 Å². The van der Waals surface area contributed by atoms with Crippen LogP contribution in [0, 0.1) is 45.3 Å². The second kappa shape index (κ2) is 17.7. The Labute approximate surface area is 361 Å². The lowest BCUT2D eigenvalue weighted by molar-refractivity contribution is -0.383. The van der Waals surface area contributed by atoms with Gasteiger partial charge in [0.2, 0.25) is 0 Å². The van der Waals surface area contributed by atoms with Gasteiger partial charge in [-0.2, -0.15) is 0 Å². The van der Waals surface area contributed by atoms with E-state index in [2.05, 4.69) is 54.5 Å². The number of ether oxygens (including phenoxy) is 6. The summed E-state index contributed by atoms with van der Waals surface area (Å²) in [5.74, 6) is 1.08. The molecule has 22 atom stereocenters. The quantitative estimate of drug-likeness (QED) is 0.107. The van der Waals surface area contributed by atoms with Gasteiger partial charge in [-0.25, -0.2) is 0 Å². The van der Waals surface area contributed by atoms with Gasteiger partial charge in [0, 0.05) is 0 Å². The highest BCUT2D eigenvalue weighted by molar-refractivity contribution is 5.19. The van der Waals surface area contributed by atoms with Crippen LogP contribution in [0.15, 0.2) is 11.6 Å². The number of aliphatic hydroxyl groups excluding tert-OH is 8. The maximum absolute atomic E-state index is 12.0. The van der Waals surface area contributed by atoms with Crippen LogP contribution in [0.5, 0.6) is 0 Å². The van der Waals surface area contributed by atoms with E-state index in [4.69, 9.17) is 28.4 Å². The number of hydrogen-bond acceptors (Lipinski definition) is 15. The van der Waals surface area contributed by atoms with Crippen LogP contribution in [-0.4, -0.2) is 157 Å². The van der Waals surface area contributed by atoms with E-state index in [-0.39, 0.29) is 59.4 Å². The first-order chi connectivity index (χ1) is 28.5. The third-order valence-corrected chi connectivity index (χ3v) is 18.0. The van der Waals surface area contributed by atoms with E-state index in [0.717, 1.165) is 51.4 Å². The summed E-state index contributed by atoms with van der Waals surface area (Å²) >= 11 is 0. The highest BCUT2D eigenvalue weighted by atomic mass is 16.8. The molecule has 0 aromatic rings. The Balaban J connectivity index is 1.11. The summed E-state index contributed by atoms with van der Waals surface area (Å²) in [5.41, 5.74) is -0.226. The first-order valence-electron chi connectivity index (χ1n) is 23.1. The Hall–Kier alpha value is -0.860. The van der Waals surface area contributed by atoms with Crippen LogP contribution in [0.3, 0.4) is 0 Å². The molecule has 15 heteroatoms. The van der Waals surface area contributed by atoms with Crippen molar-refractivity contribution in [2.45, 2.75) is 211 Å². The summed E-state index contributed by atoms with van der Waals surface area (Å²) in [6.07, 6.45) is -7.58. The minimum absolute atomic E-state index is 0.0126. The largest absolute Gasteiger partial charge is 0.393 e.